The van der Waals surface area contributed by atoms with Crippen LogP contribution in [0.25, 0.3) is 11.4 Å². The Morgan fingerprint density at radius 3 is 2.94 bits per heavy atom. The molecule has 4 heteroatoms. The van der Waals surface area contributed by atoms with E-state index in [4.69, 9.17) is 10.3 Å². The van der Waals surface area contributed by atoms with Gasteiger partial charge < -0.3 is 10.3 Å². The lowest BCUT2D eigenvalue weighted by Gasteiger charge is -2.04. The zero-order valence-corrected chi connectivity index (χ0v) is 10.1. The standard InChI is InChI=1S/C14H15N3O/c15-12-6-4-9-7-10(3-5-11(9)12)13-16-14(18-17-13)8-1-2-8/h3,5,7-8,12H,1-2,4,6,15H2/t12-/m1/s1. The maximum atomic E-state index is 6.04. The van der Waals surface area contributed by atoms with Gasteiger partial charge in [0.15, 0.2) is 0 Å². The zero-order valence-electron chi connectivity index (χ0n) is 10.1. The third kappa shape index (κ3) is 1.56. The number of rotatable bonds is 2. The highest BCUT2D eigenvalue weighted by atomic mass is 16.5. The molecule has 2 aliphatic carbocycles. The van der Waals surface area contributed by atoms with Gasteiger partial charge in [0.05, 0.1) is 0 Å². The molecule has 92 valence electrons. The second-order valence-corrected chi connectivity index (χ2v) is 5.29. The van der Waals surface area contributed by atoms with Crippen LogP contribution >= 0.6 is 0 Å². The van der Waals surface area contributed by atoms with Gasteiger partial charge in [0.2, 0.25) is 11.7 Å². The normalized spacial score (nSPS) is 22.2. The number of fused-ring (bicyclic) bond motifs is 1. The summed E-state index contributed by atoms with van der Waals surface area (Å²) in [5.41, 5.74) is 9.68. The summed E-state index contributed by atoms with van der Waals surface area (Å²) in [6.07, 6.45) is 4.46. The first-order valence-electron chi connectivity index (χ1n) is 6.53. The van der Waals surface area contributed by atoms with Crippen molar-refractivity contribution < 1.29 is 4.52 Å². The summed E-state index contributed by atoms with van der Waals surface area (Å²) in [6.45, 7) is 0. The fraction of sp³-hybridized carbons (Fsp3) is 0.429. The smallest absolute Gasteiger partial charge is 0.230 e. The van der Waals surface area contributed by atoms with E-state index in [9.17, 15) is 0 Å². The fourth-order valence-electron chi connectivity index (χ4n) is 2.64. The second kappa shape index (κ2) is 3.65. The summed E-state index contributed by atoms with van der Waals surface area (Å²) in [4.78, 5) is 4.48. The van der Waals surface area contributed by atoms with Crippen LogP contribution in [0.1, 0.15) is 48.2 Å². The Labute approximate surface area is 105 Å². The first-order chi connectivity index (χ1) is 8.81. The topological polar surface area (TPSA) is 64.9 Å². The quantitative estimate of drug-likeness (QED) is 0.877. The average molecular weight is 241 g/mol. The predicted molar refractivity (Wildman–Crippen MR) is 67.0 cm³/mol. The summed E-state index contributed by atoms with van der Waals surface area (Å²) in [5, 5.41) is 4.07. The molecular weight excluding hydrogens is 226 g/mol. The highest BCUT2D eigenvalue weighted by Crippen LogP contribution is 2.40. The monoisotopic (exact) mass is 241 g/mol. The number of benzene rings is 1. The summed E-state index contributed by atoms with van der Waals surface area (Å²) in [6, 6.07) is 6.51. The molecule has 2 aromatic rings. The molecule has 0 unspecified atom stereocenters. The minimum Gasteiger partial charge on any atom is -0.339 e. The van der Waals surface area contributed by atoms with Crippen LogP contribution < -0.4 is 5.73 Å². The van der Waals surface area contributed by atoms with Crippen LogP contribution in [0.2, 0.25) is 0 Å². The molecule has 1 fully saturated rings. The third-order valence-corrected chi connectivity index (χ3v) is 3.89. The van der Waals surface area contributed by atoms with Crippen LogP contribution in [0.3, 0.4) is 0 Å². The van der Waals surface area contributed by atoms with Crippen LogP contribution in [0.4, 0.5) is 0 Å². The third-order valence-electron chi connectivity index (χ3n) is 3.89. The van der Waals surface area contributed by atoms with E-state index < -0.39 is 0 Å². The fourth-order valence-corrected chi connectivity index (χ4v) is 2.64. The van der Waals surface area contributed by atoms with Gasteiger partial charge >= 0.3 is 0 Å². The van der Waals surface area contributed by atoms with Crippen molar-refractivity contribution in [2.24, 2.45) is 5.73 Å². The molecule has 0 radical (unpaired) electrons. The zero-order chi connectivity index (χ0) is 12.1. The molecule has 0 amide bonds. The predicted octanol–water partition coefficient (Wildman–Crippen LogP) is 2.56. The van der Waals surface area contributed by atoms with Gasteiger partial charge in [-0.2, -0.15) is 4.98 Å². The molecule has 4 rings (SSSR count). The molecule has 2 N–H and O–H groups in total. The molecule has 18 heavy (non-hydrogen) atoms. The molecule has 1 saturated carbocycles. The van der Waals surface area contributed by atoms with Crippen molar-refractivity contribution >= 4 is 0 Å². The minimum atomic E-state index is 0.196. The van der Waals surface area contributed by atoms with Gasteiger partial charge in [0, 0.05) is 17.5 Å². The molecule has 0 bridgehead atoms. The molecule has 0 aliphatic heterocycles. The molecule has 0 saturated heterocycles. The lowest BCUT2D eigenvalue weighted by molar-refractivity contribution is 0.380. The van der Waals surface area contributed by atoms with E-state index in [2.05, 4.69) is 22.3 Å². The summed E-state index contributed by atoms with van der Waals surface area (Å²) < 4.78 is 5.30. The van der Waals surface area contributed by atoms with Gasteiger partial charge in [-0.15, -0.1) is 0 Å². The van der Waals surface area contributed by atoms with Crippen LogP contribution in [0.5, 0.6) is 0 Å². The van der Waals surface area contributed by atoms with Crippen molar-refractivity contribution in [1.29, 1.82) is 0 Å². The van der Waals surface area contributed by atoms with Crippen molar-refractivity contribution in [1.82, 2.24) is 10.1 Å². The molecule has 1 aromatic carbocycles. The van der Waals surface area contributed by atoms with Gasteiger partial charge in [0.25, 0.3) is 0 Å². The van der Waals surface area contributed by atoms with Crippen molar-refractivity contribution in [2.45, 2.75) is 37.6 Å². The maximum absolute atomic E-state index is 6.04. The van der Waals surface area contributed by atoms with E-state index in [1.165, 1.54) is 24.0 Å². The summed E-state index contributed by atoms with van der Waals surface area (Å²) in [5.74, 6) is 2.01. The van der Waals surface area contributed by atoms with Gasteiger partial charge in [-0.3, -0.25) is 0 Å². The Morgan fingerprint density at radius 2 is 2.11 bits per heavy atom. The number of aryl methyl sites for hydroxylation is 1. The Kier molecular flexibility index (Phi) is 2.08. The molecule has 1 heterocycles. The highest BCUT2D eigenvalue weighted by Gasteiger charge is 2.30. The number of hydrogen-bond donors (Lipinski definition) is 1. The SMILES string of the molecule is N[C@@H]1CCc2cc(-c3noc(C4CC4)n3)ccc21. The van der Waals surface area contributed by atoms with E-state index in [1.54, 1.807) is 0 Å². The molecular formula is C14H15N3O. The van der Waals surface area contributed by atoms with Crippen LogP contribution in [-0.2, 0) is 6.42 Å². The number of nitrogens with two attached hydrogens (primary N) is 1. The van der Waals surface area contributed by atoms with E-state index in [0.29, 0.717) is 11.7 Å². The average Bonchev–Trinajstić information content (AvgIpc) is 3.01. The summed E-state index contributed by atoms with van der Waals surface area (Å²) >= 11 is 0. The van der Waals surface area contributed by atoms with Crippen molar-refractivity contribution in [3.8, 4) is 11.4 Å². The molecule has 1 aromatic heterocycles. The lowest BCUT2D eigenvalue weighted by Crippen LogP contribution is -2.04. The Hall–Kier alpha value is -1.68. The van der Waals surface area contributed by atoms with E-state index in [0.717, 1.165) is 24.3 Å². The molecule has 4 nitrogen and oxygen atoms in total. The van der Waals surface area contributed by atoms with Crippen LogP contribution in [0, 0.1) is 0 Å². The first-order valence-corrected chi connectivity index (χ1v) is 6.53. The second-order valence-electron chi connectivity index (χ2n) is 5.29. The van der Waals surface area contributed by atoms with Gasteiger partial charge in [0.1, 0.15) is 0 Å². The van der Waals surface area contributed by atoms with Crippen molar-refractivity contribution in [3.63, 3.8) is 0 Å². The lowest BCUT2D eigenvalue weighted by atomic mass is 10.0. The highest BCUT2D eigenvalue weighted by molar-refractivity contribution is 5.58. The Morgan fingerprint density at radius 1 is 1.22 bits per heavy atom. The number of nitrogens with zero attached hydrogens (tertiary/aromatic N) is 2. The Balaban J connectivity index is 1.71. The van der Waals surface area contributed by atoms with E-state index in [-0.39, 0.29) is 6.04 Å². The van der Waals surface area contributed by atoms with Gasteiger partial charge in [-0.25, -0.2) is 0 Å². The van der Waals surface area contributed by atoms with Crippen molar-refractivity contribution in [2.75, 3.05) is 0 Å². The van der Waals surface area contributed by atoms with Crippen LogP contribution in [0.15, 0.2) is 22.7 Å². The van der Waals surface area contributed by atoms with Gasteiger partial charge in [-0.05, 0) is 42.9 Å². The first kappa shape index (κ1) is 10.3. The van der Waals surface area contributed by atoms with E-state index in [1.807, 2.05) is 6.07 Å². The van der Waals surface area contributed by atoms with Crippen LogP contribution in [-0.4, -0.2) is 10.1 Å². The largest absolute Gasteiger partial charge is 0.339 e. The number of hydrogen-bond acceptors (Lipinski definition) is 4. The number of aromatic nitrogens is 2. The van der Waals surface area contributed by atoms with E-state index >= 15 is 0 Å². The summed E-state index contributed by atoms with van der Waals surface area (Å²) in [7, 11) is 0. The minimum absolute atomic E-state index is 0.196. The maximum Gasteiger partial charge on any atom is 0.230 e. The van der Waals surface area contributed by atoms with Gasteiger partial charge in [-0.1, -0.05) is 17.3 Å². The molecule has 1 atom stereocenters. The molecule has 2 aliphatic rings. The molecule has 0 spiro atoms. The Bertz CT molecular complexity index is 601. The van der Waals surface area contributed by atoms with Crippen molar-refractivity contribution in [3.05, 3.63) is 35.2 Å².